The van der Waals surface area contributed by atoms with Gasteiger partial charge < -0.3 is 24.1 Å². The molecule has 3 aromatic rings. The summed E-state index contributed by atoms with van der Waals surface area (Å²) in [4.78, 5) is 23.4. The van der Waals surface area contributed by atoms with Gasteiger partial charge in [0.25, 0.3) is 5.69 Å². The molecule has 2 heterocycles. The Labute approximate surface area is 174 Å². The van der Waals surface area contributed by atoms with Crippen LogP contribution in [0.2, 0.25) is 5.02 Å². The first-order valence-electron chi connectivity index (χ1n) is 8.62. The number of anilines is 1. The molecule has 1 aromatic heterocycles. The molecule has 0 radical (unpaired) electrons. The summed E-state index contributed by atoms with van der Waals surface area (Å²) in [6.07, 6.45) is 0. The van der Waals surface area contributed by atoms with E-state index in [0.717, 1.165) is 5.56 Å². The van der Waals surface area contributed by atoms with E-state index in [4.69, 9.17) is 30.3 Å². The largest absolute Gasteiger partial charge is 0.465 e. The molecule has 1 aliphatic rings. The molecule has 1 aliphatic heterocycles. The molecular weight excluding hydrogens is 418 g/mol. The lowest BCUT2D eigenvalue weighted by atomic mass is 10.1. The zero-order chi connectivity index (χ0) is 21.3. The van der Waals surface area contributed by atoms with Gasteiger partial charge in [0.2, 0.25) is 6.79 Å². The topological polar surface area (TPSA) is 126 Å². The third-order valence-corrected chi connectivity index (χ3v) is 4.64. The highest BCUT2D eigenvalue weighted by atomic mass is 35.5. The van der Waals surface area contributed by atoms with E-state index >= 15 is 0 Å². The summed E-state index contributed by atoms with van der Waals surface area (Å²) in [6.45, 7) is 0.237. The highest BCUT2D eigenvalue weighted by Gasteiger charge is 2.32. The Kier molecular flexibility index (Phi) is 5.15. The maximum absolute atomic E-state index is 12.5. The van der Waals surface area contributed by atoms with Crippen molar-refractivity contribution < 1.29 is 28.5 Å². The number of nitro benzene ring substituents is 1. The van der Waals surface area contributed by atoms with Gasteiger partial charge in [0, 0.05) is 17.6 Å². The molecule has 0 spiro atoms. The first-order chi connectivity index (χ1) is 14.5. The fourth-order valence-corrected chi connectivity index (χ4v) is 3.06. The molecule has 11 heteroatoms. The van der Waals surface area contributed by atoms with Gasteiger partial charge in [0.1, 0.15) is 5.56 Å². The highest BCUT2D eigenvalue weighted by Crippen LogP contribution is 2.44. The van der Waals surface area contributed by atoms with Gasteiger partial charge in [-0.05, 0) is 17.7 Å². The maximum Gasteiger partial charge on any atom is 0.345 e. The second-order valence-electron chi connectivity index (χ2n) is 6.19. The van der Waals surface area contributed by atoms with Crippen LogP contribution in [0, 0.1) is 10.1 Å². The van der Waals surface area contributed by atoms with E-state index in [2.05, 4.69) is 10.5 Å². The third kappa shape index (κ3) is 3.60. The molecule has 0 amide bonds. The van der Waals surface area contributed by atoms with Crippen LogP contribution in [0.1, 0.15) is 15.9 Å². The number of esters is 1. The molecule has 2 aromatic carbocycles. The number of fused-ring (bicyclic) bond motifs is 1. The van der Waals surface area contributed by atoms with Crippen LogP contribution in [0.15, 0.2) is 40.9 Å². The summed E-state index contributed by atoms with van der Waals surface area (Å²) < 4.78 is 20.7. The Bertz CT molecular complexity index is 1130. The number of nitrogens with one attached hydrogen (secondary N) is 1. The van der Waals surface area contributed by atoms with Gasteiger partial charge in [-0.2, -0.15) is 0 Å². The summed E-state index contributed by atoms with van der Waals surface area (Å²) in [5.74, 6) is -0.287. The number of nitrogens with zero attached hydrogens (tertiary/aromatic N) is 2. The van der Waals surface area contributed by atoms with Crippen molar-refractivity contribution in [3.05, 3.63) is 62.7 Å². The zero-order valence-electron chi connectivity index (χ0n) is 15.5. The van der Waals surface area contributed by atoms with E-state index in [-0.39, 0.29) is 40.9 Å². The number of benzene rings is 2. The molecule has 1 N–H and O–H groups in total. The van der Waals surface area contributed by atoms with Gasteiger partial charge in [-0.15, -0.1) is 0 Å². The molecule has 0 saturated carbocycles. The van der Waals surface area contributed by atoms with Crippen LogP contribution in [0.4, 0.5) is 11.5 Å². The number of aromatic nitrogens is 1. The van der Waals surface area contributed by atoms with Crippen molar-refractivity contribution in [3.63, 3.8) is 0 Å². The molecule has 0 aliphatic carbocycles. The Hall–Kier alpha value is -3.79. The van der Waals surface area contributed by atoms with Crippen LogP contribution < -0.4 is 14.8 Å². The van der Waals surface area contributed by atoms with Crippen molar-refractivity contribution in [2.75, 3.05) is 19.2 Å². The number of hydrogen-bond acceptors (Lipinski definition) is 9. The minimum Gasteiger partial charge on any atom is -0.465 e. The lowest BCUT2D eigenvalue weighted by Crippen LogP contribution is -2.08. The van der Waals surface area contributed by atoms with Crippen LogP contribution in [-0.2, 0) is 11.3 Å². The lowest BCUT2D eigenvalue weighted by molar-refractivity contribution is -0.384. The predicted molar refractivity (Wildman–Crippen MR) is 105 cm³/mol. The fourth-order valence-electron chi connectivity index (χ4n) is 2.94. The number of carbonyl (C=O) groups is 1. The molecule has 154 valence electrons. The van der Waals surface area contributed by atoms with E-state index in [1.165, 1.54) is 19.2 Å². The van der Waals surface area contributed by atoms with Crippen molar-refractivity contribution in [1.29, 1.82) is 0 Å². The van der Waals surface area contributed by atoms with E-state index in [0.29, 0.717) is 17.3 Å². The highest BCUT2D eigenvalue weighted by molar-refractivity contribution is 6.30. The average molecular weight is 432 g/mol. The Morgan fingerprint density at radius 1 is 1.27 bits per heavy atom. The van der Waals surface area contributed by atoms with Crippen LogP contribution >= 0.6 is 11.6 Å². The summed E-state index contributed by atoms with van der Waals surface area (Å²) in [6, 6.07) is 9.64. The second kappa shape index (κ2) is 7.91. The fraction of sp³-hybridized carbons (Fsp3) is 0.158. The smallest absolute Gasteiger partial charge is 0.345 e. The molecule has 0 unspecified atom stereocenters. The van der Waals surface area contributed by atoms with Crippen LogP contribution in [0.3, 0.4) is 0 Å². The number of rotatable bonds is 6. The molecule has 0 bridgehead atoms. The average Bonchev–Trinajstić information content (AvgIpc) is 3.38. The van der Waals surface area contributed by atoms with Gasteiger partial charge in [0.15, 0.2) is 28.6 Å². The molecule has 30 heavy (non-hydrogen) atoms. The number of hydrogen-bond donors (Lipinski definition) is 1. The molecule has 10 nitrogen and oxygen atoms in total. The van der Waals surface area contributed by atoms with Crippen LogP contribution in [0.5, 0.6) is 11.5 Å². The third-order valence-electron chi connectivity index (χ3n) is 4.39. The molecule has 4 rings (SSSR count). The minimum atomic E-state index is -0.767. The summed E-state index contributed by atoms with van der Waals surface area (Å²) >= 11 is 5.88. The van der Waals surface area contributed by atoms with Crippen molar-refractivity contribution >= 4 is 29.1 Å². The van der Waals surface area contributed by atoms with E-state index in [9.17, 15) is 14.9 Å². The van der Waals surface area contributed by atoms with Crippen molar-refractivity contribution in [2.24, 2.45) is 0 Å². The van der Waals surface area contributed by atoms with Gasteiger partial charge in [-0.1, -0.05) is 28.9 Å². The monoisotopic (exact) mass is 431 g/mol. The van der Waals surface area contributed by atoms with Crippen LogP contribution in [0.25, 0.3) is 11.3 Å². The molecular formula is C19H14ClN3O7. The van der Waals surface area contributed by atoms with E-state index in [1.54, 1.807) is 24.3 Å². The SMILES string of the molecule is COC(=O)c1c(NCc2ccc(Cl)cc2)noc1-c1cc2c(cc1[N+](=O)[O-])OCO2. The first kappa shape index (κ1) is 19.5. The Morgan fingerprint density at radius 2 is 1.97 bits per heavy atom. The van der Waals surface area contributed by atoms with Gasteiger partial charge in [-0.3, -0.25) is 10.1 Å². The lowest BCUT2D eigenvalue weighted by Gasteiger charge is -2.07. The zero-order valence-corrected chi connectivity index (χ0v) is 16.3. The molecule has 0 fully saturated rings. The van der Waals surface area contributed by atoms with Crippen molar-refractivity contribution in [1.82, 2.24) is 5.16 Å². The summed E-state index contributed by atoms with van der Waals surface area (Å²) in [5, 5.41) is 19.0. The summed E-state index contributed by atoms with van der Waals surface area (Å²) in [7, 11) is 1.19. The quantitative estimate of drug-likeness (QED) is 0.349. The first-order valence-corrected chi connectivity index (χ1v) is 9.00. The van der Waals surface area contributed by atoms with Crippen molar-refractivity contribution in [2.45, 2.75) is 6.54 Å². The van der Waals surface area contributed by atoms with Gasteiger partial charge >= 0.3 is 5.97 Å². The standard InChI is InChI=1S/C19H14ClN3O7/c1-27-19(24)16-17(12-6-14-15(29-9-28-14)7-13(12)23(25)26)30-22-18(16)21-8-10-2-4-11(20)5-3-10/h2-7H,8-9H2,1H3,(H,21,22). The maximum atomic E-state index is 12.5. The minimum absolute atomic E-state index is 0.0108. The number of carbonyl (C=O) groups excluding carboxylic acids is 1. The number of methoxy groups -OCH3 is 1. The second-order valence-corrected chi connectivity index (χ2v) is 6.62. The van der Waals surface area contributed by atoms with E-state index < -0.39 is 10.9 Å². The number of halogens is 1. The predicted octanol–water partition coefficient (Wildman–Crippen LogP) is 4.03. The normalized spacial score (nSPS) is 11.9. The number of nitro groups is 1. The Morgan fingerprint density at radius 3 is 2.63 bits per heavy atom. The summed E-state index contributed by atoms with van der Waals surface area (Å²) in [5.41, 5.74) is 0.476. The molecule has 0 atom stereocenters. The molecule has 0 saturated heterocycles. The van der Waals surface area contributed by atoms with Gasteiger partial charge in [0.05, 0.1) is 18.1 Å². The number of ether oxygens (including phenoxy) is 3. The Balaban J connectivity index is 1.75. The van der Waals surface area contributed by atoms with Crippen molar-refractivity contribution in [3.8, 4) is 22.8 Å². The van der Waals surface area contributed by atoms with Gasteiger partial charge in [-0.25, -0.2) is 4.79 Å². The van der Waals surface area contributed by atoms with E-state index in [1.807, 2.05) is 0 Å². The van der Waals surface area contributed by atoms with Crippen LogP contribution in [-0.4, -0.2) is 30.0 Å².